The van der Waals surface area contributed by atoms with Crippen LogP contribution >= 0.6 is 0 Å². The molecule has 1 aromatic heterocycles. The van der Waals surface area contributed by atoms with Gasteiger partial charge in [-0.2, -0.15) is 0 Å². The Morgan fingerprint density at radius 1 is 0.469 bits per heavy atom. The number of para-hydroxylation sites is 2. The molecule has 0 saturated heterocycles. The van der Waals surface area contributed by atoms with Crippen molar-refractivity contribution in [3.8, 4) is 44.8 Å². The van der Waals surface area contributed by atoms with Gasteiger partial charge >= 0.3 is 0 Å². The van der Waals surface area contributed by atoms with Crippen LogP contribution < -0.4 is 4.90 Å². The van der Waals surface area contributed by atoms with E-state index in [1.54, 1.807) is 0 Å². The Morgan fingerprint density at radius 2 is 1.04 bits per heavy atom. The van der Waals surface area contributed by atoms with E-state index in [9.17, 15) is 0 Å². The maximum atomic E-state index is 6.32. The minimum atomic E-state index is -0.230. The Morgan fingerprint density at radius 3 is 1.69 bits per heavy atom. The normalized spacial score (nSPS) is 12.9. The van der Waals surface area contributed by atoms with Crippen LogP contribution in [0.15, 0.2) is 174 Å². The van der Waals surface area contributed by atoms with Gasteiger partial charge in [0.1, 0.15) is 5.52 Å². The van der Waals surface area contributed by atoms with Crippen molar-refractivity contribution in [3.05, 3.63) is 181 Å². The van der Waals surface area contributed by atoms with E-state index >= 15 is 0 Å². The third-order valence-electron chi connectivity index (χ3n) is 9.89. The van der Waals surface area contributed by atoms with Crippen LogP contribution in [0.5, 0.6) is 0 Å². The highest BCUT2D eigenvalue weighted by atomic mass is 16.3. The van der Waals surface area contributed by atoms with Gasteiger partial charge < -0.3 is 9.32 Å². The van der Waals surface area contributed by atoms with E-state index in [1.165, 1.54) is 44.5 Å². The monoisotopic (exact) mass is 630 g/mol. The van der Waals surface area contributed by atoms with Crippen molar-refractivity contribution in [1.29, 1.82) is 0 Å². The molecular weight excluding hydrogens is 597 g/mol. The second-order valence-corrected chi connectivity index (χ2v) is 13.2. The minimum Gasteiger partial charge on any atom is -0.436 e. The molecule has 1 aliphatic rings. The lowest BCUT2D eigenvalue weighted by atomic mass is 9.82. The number of nitrogens with zero attached hydrogens (tertiary/aromatic N) is 2. The van der Waals surface area contributed by atoms with Crippen LogP contribution in [0.1, 0.15) is 25.0 Å². The summed E-state index contributed by atoms with van der Waals surface area (Å²) in [6.45, 7) is 4.65. The predicted octanol–water partition coefficient (Wildman–Crippen LogP) is 12.6. The third-order valence-corrected chi connectivity index (χ3v) is 9.89. The van der Waals surface area contributed by atoms with Crippen molar-refractivity contribution in [2.45, 2.75) is 19.3 Å². The molecule has 3 heteroatoms. The molecule has 1 aliphatic carbocycles. The van der Waals surface area contributed by atoms with Gasteiger partial charge in [0.25, 0.3) is 0 Å². The maximum Gasteiger partial charge on any atom is 0.227 e. The molecule has 3 nitrogen and oxygen atoms in total. The van der Waals surface area contributed by atoms with Crippen molar-refractivity contribution in [1.82, 2.24) is 4.98 Å². The summed E-state index contributed by atoms with van der Waals surface area (Å²) in [5.41, 5.74) is 15.5. The van der Waals surface area contributed by atoms with Crippen molar-refractivity contribution in [3.63, 3.8) is 0 Å². The van der Waals surface area contributed by atoms with Crippen molar-refractivity contribution >= 4 is 28.2 Å². The summed E-state index contributed by atoms with van der Waals surface area (Å²) in [6.07, 6.45) is 0. The highest BCUT2D eigenvalue weighted by molar-refractivity contribution is 5.94. The number of hydrogen-bond acceptors (Lipinski definition) is 3. The van der Waals surface area contributed by atoms with Gasteiger partial charge in [0, 0.05) is 28.0 Å². The Hall–Kier alpha value is -6.19. The van der Waals surface area contributed by atoms with Crippen LogP contribution in [0.2, 0.25) is 0 Å². The molecule has 0 radical (unpaired) electrons. The van der Waals surface area contributed by atoms with E-state index < -0.39 is 0 Å². The standard InChI is InChI=1S/C46H34N2O/c1-46(2)40-23-13-22-39(45-47-42-24-9-10-25-43(42)49-45)44(40)38-27-26-37(30-41(38)46)48(35-20-11-18-33(28-35)31-14-5-3-6-15-31)36-21-12-19-34(29-36)32-16-7-4-8-17-32/h3-30H,1-2H3. The first-order valence-corrected chi connectivity index (χ1v) is 16.8. The molecule has 0 fully saturated rings. The van der Waals surface area contributed by atoms with Gasteiger partial charge in [-0.1, -0.05) is 129 Å². The SMILES string of the molecule is CC1(C)c2cc(N(c3cccc(-c4ccccc4)c3)c3cccc(-c4ccccc4)c3)ccc2-c2c(-c3nc4ccccc4o3)cccc21. The molecule has 8 aromatic rings. The summed E-state index contributed by atoms with van der Waals surface area (Å²) in [7, 11) is 0. The van der Waals surface area contributed by atoms with Crippen LogP contribution in [0.3, 0.4) is 0 Å². The lowest BCUT2D eigenvalue weighted by Gasteiger charge is -2.29. The Balaban J connectivity index is 1.22. The van der Waals surface area contributed by atoms with Crippen LogP contribution in [0.4, 0.5) is 17.1 Å². The van der Waals surface area contributed by atoms with E-state index in [1.807, 2.05) is 24.3 Å². The average Bonchev–Trinajstić information content (AvgIpc) is 3.69. The van der Waals surface area contributed by atoms with Crippen LogP contribution in [0, 0.1) is 0 Å². The molecular formula is C46H34N2O. The molecule has 0 N–H and O–H groups in total. The molecule has 1 heterocycles. The molecule has 0 aliphatic heterocycles. The zero-order valence-electron chi connectivity index (χ0n) is 27.5. The summed E-state index contributed by atoms with van der Waals surface area (Å²) in [6, 6.07) is 60.3. The lowest BCUT2D eigenvalue weighted by Crippen LogP contribution is -2.16. The van der Waals surface area contributed by atoms with E-state index in [0.717, 1.165) is 33.7 Å². The smallest absolute Gasteiger partial charge is 0.227 e. The summed E-state index contributed by atoms with van der Waals surface area (Å²) in [5, 5.41) is 0. The minimum absolute atomic E-state index is 0.230. The number of aromatic nitrogens is 1. The molecule has 0 atom stereocenters. The third kappa shape index (κ3) is 4.94. The second kappa shape index (κ2) is 11.5. The number of benzene rings is 7. The highest BCUT2D eigenvalue weighted by Gasteiger charge is 2.38. The molecule has 0 unspecified atom stereocenters. The summed E-state index contributed by atoms with van der Waals surface area (Å²) in [4.78, 5) is 7.29. The fourth-order valence-electron chi connectivity index (χ4n) is 7.44. The number of anilines is 3. The van der Waals surface area contributed by atoms with E-state index in [4.69, 9.17) is 9.40 Å². The molecule has 0 saturated carbocycles. The molecule has 7 aromatic carbocycles. The zero-order chi connectivity index (χ0) is 33.0. The Bertz CT molecular complexity index is 2360. The number of fused-ring (bicyclic) bond motifs is 4. The van der Waals surface area contributed by atoms with Gasteiger partial charge in [0.2, 0.25) is 5.89 Å². The zero-order valence-corrected chi connectivity index (χ0v) is 27.5. The predicted molar refractivity (Wildman–Crippen MR) is 203 cm³/mol. The van der Waals surface area contributed by atoms with Gasteiger partial charge in [-0.3, -0.25) is 0 Å². The summed E-state index contributed by atoms with van der Waals surface area (Å²) in [5.74, 6) is 0.655. The molecule has 234 valence electrons. The first-order valence-electron chi connectivity index (χ1n) is 16.8. The van der Waals surface area contributed by atoms with Gasteiger partial charge in [0.15, 0.2) is 5.58 Å². The van der Waals surface area contributed by atoms with Gasteiger partial charge in [-0.05, 0) is 99.1 Å². The fourth-order valence-corrected chi connectivity index (χ4v) is 7.44. The number of hydrogen-bond donors (Lipinski definition) is 0. The Kier molecular flexibility index (Phi) is 6.80. The largest absolute Gasteiger partial charge is 0.436 e. The van der Waals surface area contributed by atoms with E-state index in [-0.39, 0.29) is 5.41 Å². The average molecular weight is 631 g/mol. The molecule has 9 rings (SSSR count). The van der Waals surface area contributed by atoms with Gasteiger partial charge in [-0.25, -0.2) is 4.98 Å². The topological polar surface area (TPSA) is 29.3 Å². The molecule has 49 heavy (non-hydrogen) atoms. The van der Waals surface area contributed by atoms with Crippen molar-refractivity contribution in [2.24, 2.45) is 0 Å². The van der Waals surface area contributed by atoms with Crippen LogP contribution in [-0.2, 0) is 5.41 Å². The fraction of sp³-hybridized carbons (Fsp3) is 0.0652. The van der Waals surface area contributed by atoms with Gasteiger partial charge in [-0.15, -0.1) is 0 Å². The molecule has 0 bridgehead atoms. The number of rotatable bonds is 6. The van der Waals surface area contributed by atoms with Crippen LogP contribution in [-0.4, -0.2) is 4.98 Å². The molecule has 0 spiro atoms. The summed E-state index contributed by atoms with van der Waals surface area (Å²) >= 11 is 0. The van der Waals surface area contributed by atoms with Crippen molar-refractivity contribution < 1.29 is 4.42 Å². The Labute approximate surface area is 286 Å². The second-order valence-electron chi connectivity index (χ2n) is 13.2. The first kappa shape index (κ1) is 29.0. The first-order chi connectivity index (χ1) is 24.0. The van der Waals surface area contributed by atoms with E-state index in [2.05, 4.69) is 164 Å². The quantitative estimate of drug-likeness (QED) is 0.183. The van der Waals surface area contributed by atoms with Crippen LogP contribution in [0.25, 0.3) is 55.9 Å². The number of oxazole rings is 1. The van der Waals surface area contributed by atoms with Gasteiger partial charge in [0.05, 0.1) is 0 Å². The maximum absolute atomic E-state index is 6.32. The van der Waals surface area contributed by atoms with Crippen molar-refractivity contribution in [2.75, 3.05) is 4.90 Å². The highest BCUT2D eigenvalue weighted by Crippen LogP contribution is 2.53. The summed E-state index contributed by atoms with van der Waals surface area (Å²) < 4.78 is 6.32. The van der Waals surface area contributed by atoms with E-state index in [0.29, 0.717) is 5.89 Å². The molecule has 0 amide bonds. The lowest BCUT2D eigenvalue weighted by molar-refractivity contribution is 0.619.